The zero-order valence-corrected chi connectivity index (χ0v) is 31.7. The van der Waals surface area contributed by atoms with Crippen LogP contribution in [0.3, 0.4) is 0 Å². The van der Waals surface area contributed by atoms with Gasteiger partial charge in [-0.3, -0.25) is 29.0 Å². The van der Waals surface area contributed by atoms with Gasteiger partial charge in [0.15, 0.2) is 23.4 Å². The van der Waals surface area contributed by atoms with Crippen LogP contribution in [0.15, 0.2) is 18.5 Å². The van der Waals surface area contributed by atoms with Crippen molar-refractivity contribution in [2.24, 2.45) is 11.3 Å². The highest BCUT2D eigenvalue weighted by Crippen LogP contribution is 2.70. The van der Waals surface area contributed by atoms with Gasteiger partial charge in [0.1, 0.15) is 54.2 Å². The number of aliphatic hydroxyl groups is 3. The molecule has 19 heteroatoms. The van der Waals surface area contributed by atoms with Gasteiger partial charge in [-0.2, -0.15) is 0 Å². The summed E-state index contributed by atoms with van der Waals surface area (Å²) >= 11 is 0. The molecule has 55 heavy (non-hydrogen) atoms. The Morgan fingerprint density at radius 2 is 1.42 bits per heavy atom. The van der Waals surface area contributed by atoms with Gasteiger partial charge in [0.05, 0.1) is 11.5 Å². The van der Waals surface area contributed by atoms with E-state index in [-0.39, 0.29) is 11.1 Å². The van der Waals surface area contributed by atoms with E-state index >= 15 is 0 Å². The first-order valence-corrected chi connectivity index (χ1v) is 17.4. The minimum absolute atomic E-state index is 0.0753. The summed E-state index contributed by atoms with van der Waals surface area (Å²) in [4.78, 5) is 96.8. The van der Waals surface area contributed by atoms with E-state index in [0.29, 0.717) is 0 Å². The van der Waals surface area contributed by atoms with Crippen LogP contribution in [-0.4, -0.2) is 134 Å². The number of pyridine rings is 1. The minimum Gasteiger partial charge on any atom is -0.465 e. The van der Waals surface area contributed by atoms with Crippen molar-refractivity contribution in [3.8, 4) is 0 Å². The Morgan fingerprint density at radius 3 is 1.98 bits per heavy atom. The summed E-state index contributed by atoms with van der Waals surface area (Å²) in [5.41, 5.74) is -13.0. The van der Waals surface area contributed by atoms with Gasteiger partial charge in [-0.1, -0.05) is 6.92 Å². The van der Waals surface area contributed by atoms with E-state index in [2.05, 4.69) is 4.98 Å². The van der Waals surface area contributed by atoms with Crippen LogP contribution >= 0.6 is 0 Å². The summed E-state index contributed by atoms with van der Waals surface area (Å²) in [6.07, 6.45) is -10.1. The molecule has 0 aromatic carbocycles. The smallest absolute Gasteiger partial charge is 0.340 e. The zero-order chi connectivity index (χ0) is 41.2. The number of esters is 7. The van der Waals surface area contributed by atoms with Crippen molar-refractivity contribution in [1.82, 2.24) is 4.98 Å². The van der Waals surface area contributed by atoms with Crippen molar-refractivity contribution in [2.75, 3.05) is 13.2 Å². The summed E-state index contributed by atoms with van der Waals surface area (Å²) in [5.74, 6) is -10.5. The molecule has 13 atom stereocenters. The van der Waals surface area contributed by atoms with E-state index in [0.717, 1.165) is 54.7 Å². The monoisotopic (exact) mass is 779 g/mol. The summed E-state index contributed by atoms with van der Waals surface area (Å²) < 4.78 is 47.4. The fourth-order valence-corrected chi connectivity index (χ4v) is 9.01. The van der Waals surface area contributed by atoms with Crippen LogP contribution in [0.4, 0.5) is 0 Å². The third kappa shape index (κ3) is 6.30. The molecule has 1 aromatic rings. The maximum absolute atomic E-state index is 14.2. The molecule has 2 aliphatic heterocycles. The molecule has 1 saturated heterocycles. The summed E-state index contributed by atoms with van der Waals surface area (Å²) in [7, 11) is 0. The lowest BCUT2D eigenvalue weighted by Crippen LogP contribution is -2.89. The average molecular weight is 780 g/mol. The Labute approximate surface area is 314 Å². The van der Waals surface area contributed by atoms with Crippen LogP contribution in [0.5, 0.6) is 0 Å². The molecule has 0 radical (unpaired) electrons. The predicted molar refractivity (Wildman–Crippen MR) is 177 cm³/mol. The number of hydrogen-bond donors (Lipinski definition) is 3. The van der Waals surface area contributed by atoms with Crippen molar-refractivity contribution in [1.29, 1.82) is 0 Å². The molecule has 1 spiro atoms. The van der Waals surface area contributed by atoms with Crippen LogP contribution < -0.4 is 0 Å². The first kappa shape index (κ1) is 41.4. The van der Waals surface area contributed by atoms with E-state index in [9.17, 15) is 48.9 Å². The van der Waals surface area contributed by atoms with Gasteiger partial charge in [-0.25, -0.2) is 9.59 Å². The van der Waals surface area contributed by atoms with E-state index in [1.807, 2.05) is 0 Å². The Kier molecular flexibility index (Phi) is 10.6. The lowest BCUT2D eigenvalue weighted by atomic mass is 9.45. The number of aliphatic hydroxyl groups excluding tert-OH is 1. The third-order valence-electron chi connectivity index (χ3n) is 11.3. The number of carbonyl (C=O) groups is 7. The van der Waals surface area contributed by atoms with Gasteiger partial charge >= 0.3 is 41.8 Å². The number of nitrogens with zero attached hydrogens (tertiary/aromatic N) is 1. The van der Waals surface area contributed by atoms with Crippen molar-refractivity contribution in [3.05, 3.63) is 29.6 Å². The van der Waals surface area contributed by atoms with Gasteiger partial charge in [-0.15, -0.1) is 0 Å². The maximum Gasteiger partial charge on any atom is 0.340 e. The predicted octanol–water partition coefficient (Wildman–Crippen LogP) is -0.422. The molecule has 2 aliphatic carbocycles. The second kappa shape index (κ2) is 14.1. The first-order chi connectivity index (χ1) is 25.4. The SMILES string of the molecule is CC(=O)OCC12C(OC(C)=O)C(O)C3OC(=O)C(C)(O)C(C)c4ccncc4C(=O)OCC4(C)OC1(C(OC(C)=O)C4C(OC(C)=O)C2OC(C)=O)[C@@]3(C)O. The Morgan fingerprint density at radius 1 is 0.855 bits per heavy atom. The third-order valence-corrected chi connectivity index (χ3v) is 11.3. The highest BCUT2D eigenvalue weighted by Gasteiger charge is 2.91. The van der Waals surface area contributed by atoms with E-state index in [4.69, 9.17) is 37.9 Å². The molecule has 3 fully saturated rings. The lowest BCUT2D eigenvalue weighted by Gasteiger charge is -2.67. The second-order valence-electron chi connectivity index (χ2n) is 15.0. The first-order valence-electron chi connectivity index (χ1n) is 17.4. The quantitative estimate of drug-likeness (QED) is 0.244. The molecule has 3 heterocycles. The fraction of sp³-hybridized carbons (Fsp3) is 0.667. The normalized spacial score (nSPS) is 40.7. The van der Waals surface area contributed by atoms with Crippen LogP contribution in [0, 0.1) is 11.3 Å². The highest BCUT2D eigenvalue weighted by molar-refractivity contribution is 5.92. The topological polar surface area (TPSA) is 267 Å². The lowest BCUT2D eigenvalue weighted by molar-refractivity contribution is -0.387. The molecule has 5 rings (SSSR count). The van der Waals surface area contributed by atoms with Crippen LogP contribution in [0.2, 0.25) is 0 Å². The number of rotatable bonds is 6. The molecular formula is C36H45NO18. The minimum atomic E-state index is -2.90. The fourth-order valence-electron chi connectivity index (χ4n) is 9.01. The second-order valence-corrected chi connectivity index (χ2v) is 15.0. The van der Waals surface area contributed by atoms with Gasteiger partial charge in [0.25, 0.3) is 0 Å². The van der Waals surface area contributed by atoms with Gasteiger partial charge < -0.3 is 53.2 Å². The van der Waals surface area contributed by atoms with Crippen LogP contribution in [0.25, 0.3) is 0 Å². The largest absolute Gasteiger partial charge is 0.465 e. The molecule has 4 bridgehead atoms. The molecule has 2 saturated carbocycles. The highest BCUT2D eigenvalue weighted by atomic mass is 16.7. The van der Waals surface area contributed by atoms with Crippen molar-refractivity contribution in [3.63, 3.8) is 0 Å². The molecule has 19 nitrogen and oxygen atoms in total. The number of fused-ring (bicyclic) bond motifs is 5. The van der Waals surface area contributed by atoms with Gasteiger partial charge in [-0.05, 0) is 32.4 Å². The summed E-state index contributed by atoms with van der Waals surface area (Å²) in [6, 6.07) is 1.35. The van der Waals surface area contributed by atoms with E-state index in [1.165, 1.54) is 26.1 Å². The van der Waals surface area contributed by atoms with Crippen molar-refractivity contribution in [2.45, 2.75) is 127 Å². The number of carbonyl (C=O) groups excluding carboxylic acids is 7. The molecule has 3 N–H and O–H groups in total. The molecule has 12 unspecified atom stereocenters. The number of aromatic nitrogens is 1. The van der Waals surface area contributed by atoms with E-state index in [1.54, 1.807) is 0 Å². The summed E-state index contributed by atoms with van der Waals surface area (Å²) in [5, 5.41) is 37.2. The number of cyclic esters (lactones) is 1. The standard InChI is InChI=1S/C36H45NO18/c1-15-21-10-11-37-12-22(21)30(44)49-13-32(7)23-25(50-17(3)39)29(53-20(6)42)35(14-48-16(2)38)28(52-19(5)41)24(43)27(54-31(45)33(15,8)46)34(9,47)36(35,55-32)26(23)51-18(4)40/h10-12,15,23-29,43,46-47H,13-14H2,1-9H3/t15?,23?,24?,25?,26?,27?,28?,29?,32?,33?,34-,35?,36?/m0/s1. The maximum atomic E-state index is 14.2. The van der Waals surface area contributed by atoms with Gasteiger partial charge in [0, 0.05) is 52.9 Å². The Hall–Kier alpha value is -4.72. The Bertz CT molecular complexity index is 1790. The molecule has 302 valence electrons. The zero-order valence-electron chi connectivity index (χ0n) is 31.7. The summed E-state index contributed by atoms with van der Waals surface area (Å²) in [6.45, 7) is 7.80. The van der Waals surface area contributed by atoms with Gasteiger partial charge in [0.2, 0.25) is 0 Å². The average Bonchev–Trinajstić information content (AvgIpc) is 3.29. The van der Waals surface area contributed by atoms with Crippen molar-refractivity contribution < 1.29 is 86.8 Å². The molecule has 1 aromatic heterocycles. The number of hydrogen-bond acceptors (Lipinski definition) is 19. The van der Waals surface area contributed by atoms with Crippen molar-refractivity contribution >= 4 is 41.8 Å². The molecule has 4 aliphatic rings. The Balaban J connectivity index is 1.98. The van der Waals surface area contributed by atoms with E-state index < -0.39 is 131 Å². The van der Waals surface area contributed by atoms with Crippen LogP contribution in [0.1, 0.15) is 84.2 Å². The van der Waals surface area contributed by atoms with Crippen LogP contribution in [-0.2, 0) is 66.7 Å². The molecule has 0 amide bonds. The number of ether oxygens (including phenoxy) is 8. The molecular weight excluding hydrogens is 734 g/mol.